The lowest BCUT2D eigenvalue weighted by atomic mass is 10.2. The summed E-state index contributed by atoms with van der Waals surface area (Å²) < 4.78 is 6.90. The number of hydrogen-bond acceptors (Lipinski definition) is 7. The maximum Gasteiger partial charge on any atom is 0.163 e. The molecule has 1 N–H and O–H groups in total. The van der Waals surface area contributed by atoms with Gasteiger partial charge in [0, 0.05) is 38.4 Å². The number of ether oxygens (including phenoxy) is 1. The molecular weight excluding hydrogens is 324 g/mol. The van der Waals surface area contributed by atoms with E-state index < -0.39 is 0 Å². The van der Waals surface area contributed by atoms with Crippen LogP contribution in [-0.2, 0) is 24.8 Å². The molecule has 128 valence electrons. The normalized spacial score (nSPS) is 11.5. The van der Waals surface area contributed by atoms with Gasteiger partial charge in [-0.15, -0.1) is 11.3 Å². The van der Waals surface area contributed by atoms with E-state index in [9.17, 15) is 0 Å². The fraction of sp³-hybridized carbons (Fsp3) is 0.500. The molecule has 0 aliphatic carbocycles. The third-order valence-electron chi connectivity index (χ3n) is 3.65. The van der Waals surface area contributed by atoms with Gasteiger partial charge in [0.05, 0.1) is 22.3 Å². The van der Waals surface area contributed by atoms with Gasteiger partial charge in [-0.25, -0.2) is 15.0 Å². The van der Waals surface area contributed by atoms with Crippen molar-refractivity contribution < 1.29 is 4.74 Å². The van der Waals surface area contributed by atoms with Crippen molar-refractivity contribution in [1.29, 1.82) is 0 Å². The molecule has 3 aromatic rings. The Morgan fingerprint density at radius 3 is 2.83 bits per heavy atom. The van der Waals surface area contributed by atoms with Crippen LogP contribution in [0.3, 0.4) is 0 Å². The Kier molecular flexibility index (Phi) is 5.06. The second kappa shape index (κ2) is 7.23. The van der Waals surface area contributed by atoms with E-state index in [-0.39, 0.29) is 0 Å². The number of thiazole rings is 1. The first kappa shape index (κ1) is 16.8. The van der Waals surface area contributed by atoms with E-state index in [0.29, 0.717) is 18.3 Å². The van der Waals surface area contributed by atoms with Crippen molar-refractivity contribution in [3.05, 3.63) is 28.1 Å². The van der Waals surface area contributed by atoms with Crippen LogP contribution in [0.4, 0.5) is 5.82 Å². The molecule has 0 saturated heterocycles. The molecular formula is C16H22N6OS. The van der Waals surface area contributed by atoms with Crippen LogP contribution in [0.5, 0.6) is 0 Å². The smallest absolute Gasteiger partial charge is 0.163 e. The summed E-state index contributed by atoms with van der Waals surface area (Å²) in [4.78, 5) is 13.7. The molecule has 0 saturated carbocycles. The minimum absolute atomic E-state index is 0.375. The molecule has 8 heteroatoms. The fourth-order valence-electron chi connectivity index (χ4n) is 2.41. The van der Waals surface area contributed by atoms with Gasteiger partial charge in [0.25, 0.3) is 0 Å². The molecule has 0 aliphatic rings. The Bertz CT molecular complexity index is 825. The summed E-state index contributed by atoms with van der Waals surface area (Å²) in [6.45, 7) is 5.46. The first-order valence-corrected chi connectivity index (χ1v) is 8.82. The van der Waals surface area contributed by atoms with Crippen LogP contribution in [0.25, 0.3) is 11.0 Å². The topological polar surface area (TPSA) is 77.8 Å². The van der Waals surface area contributed by atoms with Gasteiger partial charge in [0.2, 0.25) is 0 Å². The summed E-state index contributed by atoms with van der Waals surface area (Å²) in [7, 11) is 3.51. The van der Waals surface area contributed by atoms with Gasteiger partial charge in [0.15, 0.2) is 11.5 Å². The van der Waals surface area contributed by atoms with Crippen molar-refractivity contribution in [2.75, 3.05) is 19.0 Å². The molecule has 3 aromatic heterocycles. The van der Waals surface area contributed by atoms with Crippen molar-refractivity contribution in [3.8, 4) is 0 Å². The van der Waals surface area contributed by atoms with Gasteiger partial charge in [-0.3, -0.25) is 4.68 Å². The molecule has 0 unspecified atom stereocenters. The van der Waals surface area contributed by atoms with E-state index in [4.69, 9.17) is 4.74 Å². The van der Waals surface area contributed by atoms with Gasteiger partial charge in [-0.2, -0.15) is 5.10 Å². The Morgan fingerprint density at radius 2 is 2.12 bits per heavy atom. The van der Waals surface area contributed by atoms with E-state index in [1.54, 1.807) is 29.3 Å². The summed E-state index contributed by atoms with van der Waals surface area (Å²) in [6.07, 6.45) is 2.64. The zero-order valence-electron chi connectivity index (χ0n) is 14.4. The minimum Gasteiger partial charge on any atom is -0.377 e. The van der Waals surface area contributed by atoms with Crippen molar-refractivity contribution in [3.63, 3.8) is 0 Å². The molecule has 0 bridgehead atoms. The lowest BCUT2D eigenvalue weighted by Gasteiger charge is -2.08. The highest BCUT2D eigenvalue weighted by Gasteiger charge is 2.12. The molecule has 0 radical (unpaired) electrons. The van der Waals surface area contributed by atoms with Gasteiger partial charge in [0.1, 0.15) is 12.4 Å². The van der Waals surface area contributed by atoms with E-state index in [1.165, 1.54) is 5.01 Å². The molecule has 0 amide bonds. The Hall–Kier alpha value is -2.06. The predicted octanol–water partition coefficient (Wildman–Crippen LogP) is 2.74. The van der Waals surface area contributed by atoms with Gasteiger partial charge < -0.3 is 10.1 Å². The monoisotopic (exact) mass is 346 g/mol. The average molecular weight is 346 g/mol. The third kappa shape index (κ3) is 3.54. The lowest BCUT2D eigenvalue weighted by Crippen LogP contribution is -2.10. The van der Waals surface area contributed by atoms with Crippen molar-refractivity contribution in [2.24, 2.45) is 7.05 Å². The Balaban J connectivity index is 1.73. The SMILES string of the molecule is COCc1nc(NCCc2csc(C(C)C)n2)c2cnn(C)c2n1. The molecule has 0 atom stereocenters. The summed E-state index contributed by atoms with van der Waals surface area (Å²) in [5.41, 5.74) is 1.92. The predicted molar refractivity (Wildman–Crippen MR) is 95.4 cm³/mol. The van der Waals surface area contributed by atoms with Crippen LogP contribution in [0.1, 0.15) is 36.3 Å². The van der Waals surface area contributed by atoms with Crippen molar-refractivity contribution >= 4 is 28.2 Å². The number of fused-ring (bicyclic) bond motifs is 1. The number of hydrogen-bond donors (Lipinski definition) is 1. The molecule has 0 aliphatic heterocycles. The summed E-state index contributed by atoms with van der Waals surface area (Å²) in [6, 6.07) is 0. The molecule has 0 fully saturated rings. The van der Waals surface area contributed by atoms with Crippen LogP contribution in [0, 0.1) is 0 Å². The zero-order chi connectivity index (χ0) is 17.1. The van der Waals surface area contributed by atoms with Crippen LogP contribution >= 0.6 is 11.3 Å². The lowest BCUT2D eigenvalue weighted by molar-refractivity contribution is 0.178. The Labute approximate surface area is 145 Å². The maximum absolute atomic E-state index is 5.16. The van der Waals surface area contributed by atoms with Gasteiger partial charge in [-0.05, 0) is 0 Å². The first-order chi connectivity index (χ1) is 11.6. The standard InChI is InChI=1S/C16H22N6OS/c1-10(2)16-19-11(9-24-16)5-6-17-14-12-7-18-22(3)15(12)21-13(20-14)8-23-4/h7,9-10H,5-6,8H2,1-4H3,(H,17,20,21). The van der Waals surface area contributed by atoms with Gasteiger partial charge in [-0.1, -0.05) is 13.8 Å². The average Bonchev–Trinajstić information content (AvgIpc) is 3.16. The van der Waals surface area contributed by atoms with E-state index in [1.807, 2.05) is 7.05 Å². The highest BCUT2D eigenvalue weighted by atomic mass is 32.1. The highest BCUT2D eigenvalue weighted by Crippen LogP contribution is 2.21. The highest BCUT2D eigenvalue weighted by molar-refractivity contribution is 7.09. The zero-order valence-corrected chi connectivity index (χ0v) is 15.2. The second-order valence-corrected chi connectivity index (χ2v) is 6.83. The summed E-state index contributed by atoms with van der Waals surface area (Å²) in [5, 5.41) is 11.9. The molecule has 3 heterocycles. The number of rotatable bonds is 7. The first-order valence-electron chi connectivity index (χ1n) is 7.94. The number of nitrogens with zero attached hydrogens (tertiary/aromatic N) is 5. The van der Waals surface area contributed by atoms with Crippen LogP contribution in [0.15, 0.2) is 11.6 Å². The van der Waals surface area contributed by atoms with E-state index in [0.717, 1.165) is 35.5 Å². The second-order valence-electron chi connectivity index (χ2n) is 5.94. The number of aryl methyl sites for hydroxylation is 1. The number of nitrogens with one attached hydrogen (secondary N) is 1. The molecule has 7 nitrogen and oxygen atoms in total. The maximum atomic E-state index is 5.16. The number of methoxy groups -OCH3 is 1. The molecule has 0 spiro atoms. The molecule has 24 heavy (non-hydrogen) atoms. The minimum atomic E-state index is 0.375. The Morgan fingerprint density at radius 1 is 1.29 bits per heavy atom. The van der Waals surface area contributed by atoms with Crippen LogP contribution in [0.2, 0.25) is 0 Å². The van der Waals surface area contributed by atoms with E-state index in [2.05, 4.69) is 44.6 Å². The quantitative estimate of drug-likeness (QED) is 0.709. The van der Waals surface area contributed by atoms with Gasteiger partial charge >= 0.3 is 0 Å². The molecule has 0 aromatic carbocycles. The number of aromatic nitrogens is 5. The summed E-state index contributed by atoms with van der Waals surface area (Å²) in [5.74, 6) is 1.91. The van der Waals surface area contributed by atoms with Crippen molar-refractivity contribution in [1.82, 2.24) is 24.7 Å². The van der Waals surface area contributed by atoms with E-state index >= 15 is 0 Å². The molecule has 3 rings (SSSR count). The van der Waals surface area contributed by atoms with Crippen molar-refractivity contribution in [2.45, 2.75) is 32.8 Å². The third-order valence-corrected chi connectivity index (χ3v) is 4.84. The largest absolute Gasteiger partial charge is 0.377 e. The van der Waals surface area contributed by atoms with Crippen LogP contribution < -0.4 is 5.32 Å². The number of anilines is 1. The fourth-order valence-corrected chi connectivity index (χ4v) is 3.28. The summed E-state index contributed by atoms with van der Waals surface area (Å²) >= 11 is 1.72. The van der Waals surface area contributed by atoms with Crippen LogP contribution in [-0.4, -0.2) is 38.4 Å².